The summed E-state index contributed by atoms with van der Waals surface area (Å²) in [5.74, 6) is 0. The van der Waals surface area contributed by atoms with Gasteiger partial charge in [-0.1, -0.05) is 22.0 Å². The first-order valence-corrected chi connectivity index (χ1v) is 3.46. The maximum Gasteiger partial charge on any atom is 0.0699 e. The van der Waals surface area contributed by atoms with Gasteiger partial charge in [0.25, 0.3) is 0 Å². The van der Waals surface area contributed by atoms with E-state index in [0.29, 0.717) is 0 Å². The Morgan fingerprint density at radius 3 is 2.62 bits per heavy atom. The Hall–Kier alpha value is 0.180. The minimum atomic E-state index is -0.473. The molecular formula is C6H9BrO. The zero-order valence-electron chi connectivity index (χ0n) is 4.82. The van der Waals surface area contributed by atoms with Gasteiger partial charge in [0.1, 0.15) is 0 Å². The Morgan fingerprint density at radius 1 is 1.88 bits per heavy atom. The van der Waals surface area contributed by atoms with E-state index in [1.165, 1.54) is 0 Å². The number of hydrogen-bond acceptors (Lipinski definition) is 1. The van der Waals surface area contributed by atoms with Gasteiger partial charge in [0, 0.05) is 6.42 Å². The third-order valence-corrected chi connectivity index (χ3v) is 1.92. The van der Waals surface area contributed by atoms with E-state index in [-0.39, 0.29) is 0 Å². The topological polar surface area (TPSA) is 20.2 Å². The van der Waals surface area contributed by atoms with Crippen molar-refractivity contribution >= 4 is 15.9 Å². The average Bonchev–Trinajstić information content (AvgIpc) is 1.82. The quantitative estimate of drug-likeness (QED) is 0.598. The highest BCUT2D eigenvalue weighted by molar-refractivity contribution is 9.11. The third-order valence-electron chi connectivity index (χ3n) is 1.31. The molecule has 1 nitrogen and oxygen atoms in total. The van der Waals surface area contributed by atoms with Crippen molar-refractivity contribution < 1.29 is 5.11 Å². The van der Waals surface area contributed by atoms with Crippen LogP contribution >= 0.6 is 15.9 Å². The van der Waals surface area contributed by atoms with Gasteiger partial charge in [0.2, 0.25) is 0 Å². The summed E-state index contributed by atoms with van der Waals surface area (Å²) in [5, 5.41) is 9.28. The lowest BCUT2D eigenvalue weighted by atomic mass is 10.1. The van der Waals surface area contributed by atoms with Gasteiger partial charge in [-0.25, -0.2) is 0 Å². The third kappa shape index (κ3) is 1.33. The fourth-order valence-electron chi connectivity index (χ4n) is 0.839. The molecule has 1 atom stereocenters. The van der Waals surface area contributed by atoms with E-state index >= 15 is 0 Å². The van der Waals surface area contributed by atoms with Gasteiger partial charge in [0.05, 0.1) is 5.60 Å². The highest BCUT2D eigenvalue weighted by Crippen LogP contribution is 2.31. The van der Waals surface area contributed by atoms with E-state index in [1.807, 2.05) is 13.0 Å². The summed E-state index contributed by atoms with van der Waals surface area (Å²) in [5.41, 5.74) is -0.473. The second-order valence-corrected chi connectivity index (χ2v) is 3.55. The molecule has 46 valence electrons. The van der Waals surface area contributed by atoms with Crippen molar-refractivity contribution in [2.75, 3.05) is 0 Å². The Morgan fingerprint density at radius 2 is 2.50 bits per heavy atom. The molecule has 0 spiro atoms. The Bertz CT molecular complexity index is 126. The lowest BCUT2D eigenvalue weighted by molar-refractivity contribution is 0.0741. The zero-order valence-corrected chi connectivity index (χ0v) is 6.40. The monoisotopic (exact) mass is 176 g/mol. The molecular weight excluding hydrogens is 168 g/mol. The first-order valence-electron chi connectivity index (χ1n) is 2.67. The molecule has 1 aliphatic carbocycles. The summed E-state index contributed by atoms with van der Waals surface area (Å²) in [4.78, 5) is 0. The first-order chi connectivity index (χ1) is 3.60. The van der Waals surface area contributed by atoms with Crippen molar-refractivity contribution in [3.63, 3.8) is 0 Å². The van der Waals surface area contributed by atoms with Gasteiger partial charge in [-0.2, -0.15) is 0 Å². The lowest BCUT2D eigenvalue weighted by Crippen LogP contribution is -2.18. The van der Waals surface area contributed by atoms with Crippen LogP contribution < -0.4 is 0 Å². The molecule has 0 saturated heterocycles. The Labute approximate surface area is 57.5 Å². The molecule has 0 amide bonds. The van der Waals surface area contributed by atoms with Crippen molar-refractivity contribution in [2.24, 2.45) is 0 Å². The molecule has 0 aromatic heterocycles. The van der Waals surface area contributed by atoms with Gasteiger partial charge in [0.15, 0.2) is 0 Å². The molecule has 1 aliphatic rings. The zero-order chi connectivity index (χ0) is 6.20. The van der Waals surface area contributed by atoms with Gasteiger partial charge >= 0.3 is 0 Å². The molecule has 0 aliphatic heterocycles. The molecule has 0 aromatic rings. The molecule has 0 aromatic carbocycles. The molecule has 1 unspecified atom stereocenters. The highest BCUT2D eigenvalue weighted by Gasteiger charge is 2.24. The van der Waals surface area contributed by atoms with Crippen LogP contribution in [0.25, 0.3) is 0 Å². The summed E-state index contributed by atoms with van der Waals surface area (Å²) >= 11 is 3.31. The average molecular weight is 177 g/mol. The normalized spacial score (nSPS) is 37.6. The molecule has 2 heteroatoms. The molecule has 0 fully saturated rings. The smallest absolute Gasteiger partial charge is 0.0699 e. The minimum absolute atomic E-state index is 0.473. The van der Waals surface area contributed by atoms with Crippen LogP contribution in [0.4, 0.5) is 0 Å². The number of aliphatic hydroxyl groups is 1. The molecule has 8 heavy (non-hydrogen) atoms. The van der Waals surface area contributed by atoms with Crippen LogP contribution in [0.5, 0.6) is 0 Å². The Kier molecular flexibility index (Phi) is 1.46. The highest BCUT2D eigenvalue weighted by atomic mass is 79.9. The van der Waals surface area contributed by atoms with Gasteiger partial charge in [-0.05, 0) is 17.8 Å². The number of hydrogen-bond donors (Lipinski definition) is 1. The second kappa shape index (κ2) is 1.85. The van der Waals surface area contributed by atoms with Gasteiger partial charge < -0.3 is 5.11 Å². The summed E-state index contributed by atoms with van der Waals surface area (Å²) in [6.45, 7) is 1.84. The summed E-state index contributed by atoms with van der Waals surface area (Å²) in [6.07, 6.45) is 3.57. The number of halogens is 1. The molecule has 0 bridgehead atoms. The van der Waals surface area contributed by atoms with Crippen molar-refractivity contribution in [3.8, 4) is 0 Å². The lowest BCUT2D eigenvalue weighted by Gasteiger charge is -2.13. The van der Waals surface area contributed by atoms with E-state index in [0.717, 1.165) is 17.3 Å². The van der Waals surface area contributed by atoms with Crippen molar-refractivity contribution in [3.05, 3.63) is 10.6 Å². The fourth-order valence-corrected chi connectivity index (χ4v) is 1.60. The SMILES string of the molecule is CC1(O)CC=C(Br)C1. The van der Waals surface area contributed by atoms with Crippen LogP contribution in [-0.4, -0.2) is 10.7 Å². The number of rotatable bonds is 0. The largest absolute Gasteiger partial charge is 0.389 e. The van der Waals surface area contributed by atoms with Crippen molar-refractivity contribution in [2.45, 2.75) is 25.4 Å². The summed E-state index contributed by atoms with van der Waals surface area (Å²) in [7, 11) is 0. The predicted molar refractivity (Wildman–Crippen MR) is 36.9 cm³/mol. The van der Waals surface area contributed by atoms with Crippen molar-refractivity contribution in [1.29, 1.82) is 0 Å². The van der Waals surface area contributed by atoms with Crippen LogP contribution in [0, 0.1) is 0 Å². The summed E-state index contributed by atoms with van der Waals surface area (Å²) in [6, 6.07) is 0. The second-order valence-electron chi connectivity index (χ2n) is 2.53. The van der Waals surface area contributed by atoms with Crippen LogP contribution in [-0.2, 0) is 0 Å². The fraction of sp³-hybridized carbons (Fsp3) is 0.667. The van der Waals surface area contributed by atoms with E-state index < -0.39 is 5.60 Å². The summed E-state index contributed by atoms with van der Waals surface area (Å²) < 4.78 is 1.13. The van der Waals surface area contributed by atoms with E-state index in [9.17, 15) is 5.11 Å². The standard InChI is InChI=1S/C6H9BrO/c1-6(8)3-2-5(7)4-6/h2,8H,3-4H2,1H3. The Balaban J connectivity index is 2.55. The molecule has 1 N–H and O–H groups in total. The van der Waals surface area contributed by atoms with E-state index in [4.69, 9.17) is 0 Å². The molecule has 0 radical (unpaired) electrons. The van der Waals surface area contributed by atoms with E-state index in [2.05, 4.69) is 15.9 Å². The van der Waals surface area contributed by atoms with E-state index in [1.54, 1.807) is 0 Å². The van der Waals surface area contributed by atoms with Gasteiger partial charge in [-0.15, -0.1) is 0 Å². The molecule has 1 rings (SSSR count). The molecule has 0 heterocycles. The van der Waals surface area contributed by atoms with Crippen LogP contribution in [0.1, 0.15) is 19.8 Å². The van der Waals surface area contributed by atoms with Crippen LogP contribution in [0.15, 0.2) is 10.6 Å². The van der Waals surface area contributed by atoms with Crippen LogP contribution in [0.3, 0.4) is 0 Å². The minimum Gasteiger partial charge on any atom is -0.389 e. The maximum absolute atomic E-state index is 9.28. The van der Waals surface area contributed by atoms with Crippen molar-refractivity contribution in [1.82, 2.24) is 0 Å². The first kappa shape index (κ1) is 6.30. The maximum atomic E-state index is 9.28. The predicted octanol–water partition coefficient (Wildman–Crippen LogP) is 1.81. The van der Waals surface area contributed by atoms with Crippen LogP contribution in [0.2, 0.25) is 0 Å². The molecule has 0 saturated carbocycles. The van der Waals surface area contributed by atoms with Gasteiger partial charge in [-0.3, -0.25) is 0 Å².